The topological polar surface area (TPSA) is 29.1 Å². The highest BCUT2D eigenvalue weighted by Gasteiger charge is 2.18. The summed E-state index contributed by atoms with van der Waals surface area (Å²) in [5, 5.41) is 2.81. The molecule has 0 saturated heterocycles. The third kappa shape index (κ3) is 3.55. The van der Waals surface area contributed by atoms with Gasteiger partial charge >= 0.3 is 0 Å². The van der Waals surface area contributed by atoms with Crippen molar-refractivity contribution in [2.24, 2.45) is 0 Å². The average Bonchev–Trinajstić information content (AvgIpc) is 2.20. The first-order valence-electron chi connectivity index (χ1n) is 4.81. The number of hydrogen-bond donors (Lipinski definition) is 1. The van der Waals surface area contributed by atoms with Gasteiger partial charge in [-0.1, -0.05) is 29.3 Å². The molecule has 0 aliphatic rings. The van der Waals surface area contributed by atoms with E-state index in [1.54, 1.807) is 18.2 Å². The molecule has 0 aromatic heterocycles. The Morgan fingerprint density at radius 2 is 1.88 bits per heavy atom. The average molecular weight is 281 g/mol. The summed E-state index contributed by atoms with van der Waals surface area (Å²) < 4.78 is 0. The molecule has 16 heavy (non-hydrogen) atoms. The fourth-order valence-corrected chi connectivity index (χ4v) is 1.68. The molecule has 0 spiro atoms. The molecule has 1 rings (SSSR count). The van der Waals surface area contributed by atoms with Gasteiger partial charge in [-0.05, 0) is 31.5 Å². The van der Waals surface area contributed by atoms with Gasteiger partial charge in [-0.25, -0.2) is 0 Å². The molecular formula is C11H12Cl3NO. The summed E-state index contributed by atoms with van der Waals surface area (Å²) in [4.78, 5) is 11.6. The number of carbonyl (C=O) groups excluding carboxylic acids is 1. The highest BCUT2D eigenvalue weighted by atomic mass is 35.5. The molecule has 1 aromatic carbocycles. The molecule has 0 aliphatic carbocycles. The quantitative estimate of drug-likeness (QED) is 0.838. The summed E-state index contributed by atoms with van der Waals surface area (Å²) in [6, 6.07) is 4.96. The van der Waals surface area contributed by atoms with Crippen molar-refractivity contribution in [2.45, 2.75) is 25.3 Å². The SMILES string of the molecule is CC(C)NC(=O)C(Cl)c1ccc(Cl)c(Cl)c1. The predicted octanol–water partition coefficient (Wildman–Crippen LogP) is 3.80. The van der Waals surface area contributed by atoms with E-state index >= 15 is 0 Å². The number of nitrogens with one attached hydrogen (secondary N) is 1. The van der Waals surface area contributed by atoms with Gasteiger partial charge in [0.25, 0.3) is 0 Å². The number of amides is 1. The van der Waals surface area contributed by atoms with Gasteiger partial charge in [0.1, 0.15) is 5.38 Å². The second-order valence-electron chi connectivity index (χ2n) is 3.70. The molecule has 1 atom stereocenters. The molecule has 0 aliphatic heterocycles. The lowest BCUT2D eigenvalue weighted by Crippen LogP contribution is -2.32. The van der Waals surface area contributed by atoms with E-state index in [1.165, 1.54) is 0 Å². The minimum Gasteiger partial charge on any atom is -0.352 e. The Labute approximate surface area is 110 Å². The summed E-state index contributed by atoms with van der Waals surface area (Å²) in [5.74, 6) is -0.241. The van der Waals surface area contributed by atoms with Crippen LogP contribution < -0.4 is 5.32 Å². The van der Waals surface area contributed by atoms with Crippen molar-refractivity contribution in [1.29, 1.82) is 0 Å². The van der Waals surface area contributed by atoms with Crippen LogP contribution in [0.25, 0.3) is 0 Å². The third-order valence-corrected chi connectivity index (χ3v) is 3.09. The Morgan fingerprint density at radius 1 is 1.25 bits per heavy atom. The monoisotopic (exact) mass is 279 g/mol. The molecule has 2 nitrogen and oxygen atoms in total. The molecule has 88 valence electrons. The van der Waals surface area contributed by atoms with Gasteiger partial charge < -0.3 is 5.32 Å². The van der Waals surface area contributed by atoms with Crippen molar-refractivity contribution in [2.75, 3.05) is 0 Å². The lowest BCUT2D eigenvalue weighted by Gasteiger charge is -2.13. The van der Waals surface area contributed by atoms with Crippen LogP contribution in [-0.4, -0.2) is 11.9 Å². The van der Waals surface area contributed by atoms with Crippen LogP contribution in [-0.2, 0) is 4.79 Å². The lowest BCUT2D eigenvalue weighted by molar-refractivity contribution is -0.121. The normalized spacial score (nSPS) is 12.6. The molecular weight excluding hydrogens is 268 g/mol. The van der Waals surface area contributed by atoms with Gasteiger partial charge in [0.15, 0.2) is 0 Å². The van der Waals surface area contributed by atoms with E-state index in [0.717, 1.165) is 0 Å². The van der Waals surface area contributed by atoms with E-state index in [2.05, 4.69) is 5.32 Å². The van der Waals surface area contributed by atoms with E-state index in [1.807, 2.05) is 13.8 Å². The summed E-state index contributed by atoms with van der Waals surface area (Å²) in [5.41, 5.74) is 0.634. The molecule has 0 bridgehead atoms. The van der Waals surface area contributed by atoms with Crippen LogP contribution in [0.1, 0.15) is 24.8 Å². The Hall–Kier alpha value is -0.440. The van der Waals surface area contributed by atoms with Crippen LogP contribution in [0.3, 0.4) is 0 Å². The van der Waals surface area contributed by atoms with Crippen LogP contribution >= 0.6 is 34.8 Å². The highest BCUT2D eigenvalue weighted by Crippen LogP contribution is 2.28. The molecule has 0 heterocycles. The zero-order chi connectivity index (χ0) is 12.3. The van der Waals surface area contributed by atoms with Crippen molar-refractivity contribution in [3.05, 3.63) is 33.8 Å². The second kappa shape index (κ2) is 5.76. The largest absolute Gasteiger partial charge is 0.352 e. The zero-order valence-corrected chi connectivity index (χ0v) is 11.2. The van der Waals surface area contributed by atoms with Gasteiger partial charge in [0.2, 0.25) is 5.91 Å². The minimum absolute atomic E-state index is 0.0523. The maximum absolute atomic E-state index is 11.6. The van der Waals surface area contributed by atoms with Crippen LogP contribution in [0.5, 0.6) is 0 Å². The number of hydrogen-bond acceptors (Lipinski definition) is 1. The van der Waals surface area contributed by atoms with Crippen molar-refractivity contribution in [3.63, 3.8) is 0 Å². The summed E-state index contributed by atoms with van der Waals surface area (Å²) in [7, 11) is 0. The molecule has 0 fully saturated rings. The first kappa shape index (κ1) is 13.6. The Kier molecular flexibility index (Phi) is 4.90. The van der Waals surface area contributed by atoms with Gasteiger partial charge in [-0.15, -0.1) is 11.6 Å². The third-order valence-electron chi connectivity index (χ3n) is 1.90. The number of benzene rings is 1. The molecule has 1 aromatic rings. The van der Waals surface area contributed by atoms with E-state index in [4.69, 9.17) is 34.8 Å². The van der Waals surface area contributed by atoms with Gasteiger partial charge in [-0.2, -0.15) is 0 Å². The number of carbonyl (C=O) groups is 1. The van der Waals surface area contributed by atoms with E-state index in [-0.39, 0.29) is 11.9 Å². The van der Waals surface area contributed by atoms with Crippen LogP contribution in [0.4, 0.5) is 0 Å². The van der Waals surface area contributed by atoms with Gasteiger partial charge in [0.05, 0.1) is 10.0 Å². The second-order valence-corrected chi connectivity index (χ2v) is 4.95. The first-order valence-corrected chi connectivity index (χ1v) is 6.00. The maximum atomic E-state index is 11.6. The van der Waals surface area contributed by atoms with E-state index in [9.17, 15) is 4.79 Å². The lowest BCUT2D eigenvalue weighted by atomic mass is 10.1. The van der Waals surface area contributed by atoms with E-state index < -0.39 is 5.38 Å². The van der Waals surface area contributed by atoms with Crippen molar-refractivity contribution in [3.8, 4) is 0 Å². The number of halogens is 3. The summed E-state index contributed by atoms with van der Waals surface area (Å²) in [6.07, 6.45) is 0. The zero-order valence-electron chi connectivity index (χ0n) is 8.93. The van der Waals surface area contributed by atoms with Crippen molar-refractivity contribution < 1.29 is 4.79 Å². The Bertz CT molecular complexity index is 393. The fraction of sp³-hybridized carbons (Fsp3) is 0.364. The van der Waals surface area contributed by atoms with Gasteiger partial charge in [0, 0.05) is 6.04 Å². The Balaban J connectivity index is 2.83. The summed E-state index contributed by atoms with van der Waals surface area (Å²) in [6.45, 7) is 3.74. The molecule has 0 saturated carbocycles. The fourth-order valence-electron chi connectivity index (χ4n) is 1.18. The van der Waals surface area contributed by atoms with Crippen molar-refractivity contribution in [1.82, 2.24) is 5.32 Å². The Morgan fingerprint density at radius 3 is 2.38 bits per heavy atom. The van der Waals surface area contributed by atoms with Gasteiger partial charge in [-0.3, -0.25) is 4.79 Å². The molecule has 5 heteroatoms. The van der Waals surface area contributed by atoms with E-state index in [0.29, 0.717) is 15.6 Å². The molecule has 1 N–H and O–H groups in total. The molecule has 1 unspecified atom stereocenters. The van der Waals surface area contributed by atoms with Crippen LogP contribution in [0, 0.1) is 0 Å². The standard InChI is InChI=1S/C11H12Cl3NO/c1-6(2)15-11(16)10(14)7-3-4-8(12)9(13)5-7/h3-6,10H,1-2H3,(H,15,16). The smallest absolute Gasteiger partial charge is 0.242 e. The number of alkyl halides is 1. The predicted molar refractivity (Wildman–Crippen MR) is 68.3 cm³/mol. The van der Waals surface area contributed by atoms with Crippen LogP contribution in [0.2, 0.25) is 10.0 Å². The number of rotatable bonds is 3. The highest BCUT2D eigenvalue weighted by molar-refractivity contribution is 6.42. The molecule has 0 radical (unpaired) electrons. The molecule has 1 amide bonds. The summed E-state index contributed by atoms with van der Waals surface area (Å²) >= 11 is 17.6. The maximum Gasteiger partial charge on any atom is 0.242 e. The van der Waals surface area contributed by atoms with Crippen LogP contribution in [0.15, 0.2) is 18.2 Å². The minimum atomic E-state index is -0.753. The first-order chi connectivity index (χ1) is 7.41. The van der Waals surface area contributed by atoms with Crippen molar-refractivity contribution >= 4 is 40.7 Å².